The quantitative estimate of drug-likeness (QED) is 0.123. The number of pyridine rings is 1. The first-order chi connectivity index (χ1) is 34.3. The van der Waals surface area contributed by atoms with Gasteiger partial charge in [0.2, 0.25) is 0 Å². The van der Waals surface area contributed by atoms with Crippen molar-refractivity contribution in [3.63, 3.8) is 0 Å². The van der Waals surface area contributed by atoms with Crippen LogP contribution in [0.4, 0.5) is 0 Å². The van der Waals surface area contributed by atoms with E-state index in [1.54, 1.807) is 30.5 Å². The number of imidazole rings is 1. The molecule has 0 saturated heterocycles. The molecule has 0 unspecified atom stereocenters. The Kier molecular flexibility index (Phi) is 10.4. The molecule has 0 aliphatic heterocycles. The van der Waals surface area contributed by atoms with Crippen LogP contribution in [0.3, 0.4) is 0 Å². The third-order valence-corrected chi connectivity index (χ3v) is 12.7. The fourth-order valence-corrected chi connectivity index (χ4v) is 9.16. The number of para-hydroxylation sites is 1. The van der Waals surface area contributed by atoms with Gasteiger partial charge in [-0.05, 0) is 121 Å². The van der Waals surface area contributed by atoms with Gasteiger partial charge in [-0.3, -0.25) is 4.98 Å². The molecule has 8 aromatic carbocycles. The Labute approximate surface area is 416 Å². The summed E-state index contributed by atoms with van der Waals surface area (Å²) in [5, 5.41) is 6.62. The van der Waals surface area contributed by atoms with E-state index in [0.717, 1.165) is 60.9 Å². The van der Waals surface area contributed by atoms with E-state index in [9.17, 15) is 0 Å². The molecule has 11 aromatic rings. The molecule has 3 aromatic heterocycles. The smallest absolute Gasteiger partial charge is 0.121 e. The number of hydrogen-bond donors (Lipinski definition) is 0. The fourth-order valence-electron chi connectivity index (χ4n) is 9.16. The second-order valence-corrected chi connectivity index (χ2v) is 18.8. The van der Waals surface area contributed by atoms with E-state index >= 15 is 0 Å². The fraction of sp³-hybridized carbons (Fsp3) is 0.194. The van der Waals surface area contributed by atoms with Crippen LogP contribution in [0.1, 0.15) is 96.3 Å². The van der Waals surface area contributed by atoms with E-state index in [1.165, 1.54) is 27.8 Å². The van der Waals surface area contributed by atoms with Gasteiger partial charge in [0.1, 0.15) is 5.58 Å². The maximum Gasteiger partial charge on any atom is 0.121 e. The molecule has 5 heteroatoms. The molecule has 0 aliphatic carbocycles. The number of hydrogen-bond acceptors (Lipinski definition) is 3. The van der Waals surface area contributed by atoms with Gasteiger partial charge in [-0.1, -0.05) is 151 Å². The van der Waals surface area contributed by atoms with E-state index in [0.29, 0.717) is 33.6 Å². The van der Waals surface area contributed by atoms with Crippen LogP contribution >= 0.6 is 0 Å². The topological polar surface area (TPSA) is 43.9 Å². The summed E-state index contributed by atoms with van der Waals surface area (Å²) in [4.78, 5) is 9.60. The molecule has 11 rings (SSSR count). The van der Waals surface area contributed by atoms with Gasteiger partial charge < -0.3 is 14.0 Å². The molecule has 0 aliphatic rings. The molecule has 0 fully saturated rings. The minimum atomic E-state index is -2.37. The van der Waals surface area contributed by atoms with Crippen LogP contribution in [-0.4, -0.2) is 14.5 Å². The Morgan fingerprint density at radius 2 is 1.42 bits per heavy atom. The monoisotopic (exact) mass is 1060 g/mol. The van der Waals surface area contributed by atoms with Crippen molar-refractivity contribution in [1.29, 1.82) is 0 Å². The summed E-state index contributed by atoms with van der Waals surface area (Å²) in [7, 11) is 0. The van der Waals surface area contributed by atoms with Gasteiger partial charge in [-0.2, -0.15) is 0 Å². The summed E-state index contributed by atoms with van der Waals surface area (Å²) in [6, 6.07) is 56.9. The number of benzene rings is 8. The molecule has 0 spiro atoms. The Hall–Kier alpha value is -6.65. The molecule has 4 nitrogen and oxygen atoms in total. The summed E-state index contributed by atoms with van der Waals surface area (Å²) in [5.41, 5.74) is 12.2. The van der Waals surface area contributed by atoms with Crippen molar-refractivity contribution in [1.82, 2.24) is 14.5 Å². The molecule has 67 heavy (non-hydrogen) atoms. The molecule has 0 saturated carbocycles. The third-order valence-electron chi connectivity index (χ3n) is 12.7. The van der Waals surface area contributed by atoms with Gasteiger partial charge in [0.25, 0.3) is 0 Å². The summed E-state index contributed by atoms with van der Waals surface area (Å²) in [5.74, 6) is 0.840. The number of aromatic nitrogens is 3. The average Bonchev–Trinajstić information content (AvgIpc) is 3.93. The summed E-state index contributed by atoms with van der Waals surface area (Å²) in [6.45, 7) is 10.8. The molecule has 0 bridgehead atoms. The summed E-state index contributed by atoms with van der Waals surface area (Å²) >= 11 is 0. The van der Waals surface area contributed by atoms with E-state index in [4.69, 9.17) is 17.6 Å². The standard InChI is InChI=1S/C46H37N2O.C16H18N.Ir/c1-27(2)37-23-33(30-14-7-6-8-15-30)24-38(28(3)4)44(37)48-43-29(5)13-11-20-41(43)47-46(48)36-19-12-18-35-40-26-39-32(25-42(40)49-45(35)36)22-21-31-16-9-10-17-34(31)39;1-12-5-7-13(8-6-12)15-11-14(9-10-17-15)16(2,3)4;/h6-18,20-28H,1-5H3;5-7,9-11H,1-4H3;/q2*-1;/i5D3;1D3;. The van der Waals surface area contributed by atoms with E-state index in [1.807, 2.05) is 30.3 Å². The number of aryl methyl sites for hydroxylation is 2. The van der Waals surface area contributed by atoms with Crippen molar-refractivity contribution in [3.05, 3.63) is 198 Å². The Morgan fingerprint density at radius 3 is 2.13 bits per heavy atom. The number of rotatable bonds is 6. The molecule has 0 N–H and O–H groups in total. The second-order valence-electron chi connectivity index (χ2n) is 18.8. The normalized spacial score (nSPS) is 13.5. The van der Waals surface area contributed by atoms with Gasteiger partial charge in [-0.15, -0.1) is 53.6 Å². The first kappa shape index (κ1) is 38.5. The number of fused-ring (bicyclic) bond motifs is 7. The Morgan fingerprint density at radius 1 is 0.657 bits per heavy atom. The number of nitrogens with zero attached hydrogens (tertiary/aromatic N) is 3. The van der Waals surface area contributed by atoms with Crippen LogP contribution in [0, 0.1) is 25.8 Å². The minimum absolute atomic E-state index is 0. The predicted octanol–water partition coefficient (Wildman–Crippen LogP) is 17.1. The largest absolute Gasteiger partial charge is 0.501 e. The van der Waals surface area contributed by atoms with Crippen molar-refractivity contribution in [3.8, 4) is 39.5 Å². The Bertz CT molecular complexity index is 3800. The molecule has 335 valence electrons. The summed E-state index contributed by atoms with van der Waals surface area (Å²) in [6.07, 6.45) is 1.78. The average molecular weight is 1060 g/mol. The molecular formula is C62H55IrN3O-2. The van der Waals surface area contributed by atoms with Gasteiger partial charge in [0.15, 0.2) is 0 Å². The minimum Gasteiger partial charge on any atom is -0.501 e. The van der Waals surface area contributed by atoms with Crippen molar-refractivity contribution in [2.75, 3.05) is 0 Å². The van der Waals surface area contributed by atoms with Gasteiger partial charge in [0, 0.05) is 45.6 Å². The van der Waals surface area contributed by atoms with Crippen LogP contribution in [0.15, 0.2) is 162 Å². The summed E-state index contributed by atoms with van der Waals surface area (Å²) < 4.78 is 56.9. The van der Waals surface area contributed by atoms with E-state index < -0.39 is 13.7 Å². The van der Waals surface area contributed by atoms with Gasteiger partial charge in [0.05, 0.1) is 22.4 Å². The van der Waals surface area contributed by atoms with Crippen molar-refractivity contribution in [2.24, 2.45) is 0 Å². The zero-order valence-corrected chi connectivity index (χ0v) is 41.1. The first-order valence-corrected chi connectivity index (χ1v) is 22.7. The van der Waals surface area contributed by atoms with Crippen LogP contribution in [-0.2, 0) is 25.5 Å². The molecule has 0 atom stereocenters. The van der Waals surface area contributed by atoms with Crippen molar-refractivity contribution in [2.45, 2.75) is 79.4 Å². The van der Waals surface area contributed by atoms with Gasteiger partial charge in [-0.25, -0.2) is 0 Å². The maximum atomic E-state index is 8.65. The molecule has 3 heterocycles. The number of furan rings is 1. The van der Waals surface area contributed by atoms with E-state index in [-0.39, 0.29) is 42.9 Å². The van der Waals surface area contributed by atoms with Crippen LogP contribution in [0.25, 0.3) is 94.0 Å². The molecule has 1 radical (unpaired) electrons. The van der Waals surface area contributed by atoms with Crippen LogP contribution in [0.2, 0.25) is 0 Å². The predicted molar refractivity (Wildman–Crippen MR) is 278 cm³/mol. The van der Waals surface area contributed by atoms with Crippen molar-refractivity contribution >= 4 is 54.5 Å². The van der Waals surface area contributed by atoms with Crippen molar-refractivity contribution < 1.29 is 32.7 Å². The van der Waals surface area contributed by atoms with Gasteiger partial charge >= 0.3 is 0 Å². The zero-order chi connectivity index (χ0) is 50.9. The SMILES string of the molecule is [2H]C([2H])([2H])c1c[c-]c(-c2cc(C(C)(C)C)ccn2)cc1.[2H]C([2H])([2H])c1cccc2nc(-c3[c-]ccc4c3oc3cc5ccc6ccccc6c5cc34)n(-c3c(C(C)C)cc(-c4ccccc4)cc3C(C)C)c12.[Ir]. The first-order valence-electron chi connectivity index (χ1n) is 25.7. The molecule has 0 amide bonds. The van der Waals surface area contributed by atoms with E-state index in [2.05, 4.69) is 161 Å². The second kappa shape index (κ2) is 18.2. The zero-order valence-electron chi connectivity index (χ0n) is 44.7. The maximum absolute atomic E-state index is 8.65. The molecular weight excluding hydrogens is 995 g/mol. The Balaban J connectivity index is 0.000000264. The van der Waals surface area contributed by atoms with Crippen LogP contribution < -0.4 is 0 Å². The third kappa shape index (κ3) is 8.52. The van der Waals surface area contributed by atoms with Crippen LogP contribution in [0.5, 0.6) is 0 Å².